The van der Waals surface area contributed by atoms with Crippen LogP contribution >= 0.6 is 0 Å². The van der Waals surface area contributed by atoms with E-state index in [2.05, 4.69) is 52.4 Å². The number of carbonyl (C=O) groups is 2. The summed E-state index contributed by atoms with van der Waals surface area (Å²) in [6.45, 7) is 16.5. The molecule has 2 amide bonds. The van der Waals surface area contributed by atoms with Crippen molar-refractivity contribution in [1.29, 1.82) is 0 Å². The van der Waals surface area contributed by atoms with E-state index >= 15 is 0 Å². The minimum absolute atomic E-state index is 0.0380. The number of ether oxygens (including phenoxy) is 5. The van der Waals surface area contributed by atoms with Gasteiger partial charge in [-0.05, 0) is 77.0 Å². The lowest BCUT2D eigenvalue weighted by atomic mass is 9.90. The van der Waals surface area contributed by atoms with Crippen LogP contribution < -0.4 is 18.9 Å². The van der Waals surface area contributed by atoms with Gasteiger partial charge in [-0.3, -0.25) is 19.6 Å². The predicted molar refractivity (Wildman–Crippen MR) is 243 cm³/mol. The Balaban J connectivity index is 0.00000151. The number of rotatable bonds is 19. The summed E-state index contributed by atoms with van der Waals surface area (Å²) < 4.78 is 29.2. The van der Waals surface area contributed by atoms with Crippen molar-refractivity contribution in [1.82, 2.24) is 9.80 Å². The van der Waals surface area contributed by atoms with Crippen LogP contribution in [0.2, 0.25) is 0 Å². The summed E-state index contributed by atoms with van der Waals surface area (Å²) in [5.74, 6) is 6.62. The van der Waals surface area contributed by atoms with Gasteiger partial charge in [-0.15, -0.1) is 24.7 Å². The van der Waals surface area contributed by atoms with Gasteiger partial charge < -0.3 is 33.5 Å². The van der Waals surface area contributed by atoms with Crippen molar-refractivity contribution in [2.45, 2.75) is 112 Å². The molecule has 2 unspecified atom stereocenters. The van der Waals surface area contributed by atoms with Crippen LogP contribution in [-0.4, -0.2) is 100 Å². The number of benzene rings is 2. The maximum atomic E-state index is 13.8. The van der Waals surface area contributed by atoms with Gasteiger partial charge in [-0.2, -0.15) is 0 Å². The number of aryl methyl sites for hydroxylation is 1. The molecule has 0 aromatic heterocycles. The van der Waals surface area contributed by atoms with Crippen molar-refractivity contribution in [2.24, 2.45) is 9.98 Å². The Hall–Kier alpha value is -5.52. The quantitative estimate of drug-likeness (QED) is 0.0456. The first-order valence-electron chi connectivity index (χ1n) is 21.1. The average molecular weight is 823 g/mol. The Morgan fingerprint density at radius 3 is 1.93 bits per heavy atom. The van der Waals surface area contributed by atoms with Gasteiger partial charge >= 0.3 is 0 Å². The fourth-order valence-electron chi connectivity index (χ4n) is 7.57. The number of terminal acetylenes is 2. The molecular weight excluding hydrogens is 757 g/mol. The molecule has 0 spiro atoms. The molecular formula is C49H66N4O7. The van der Waals surface area contributed by atoms with E-state index in [0.717, 1.165) is 69.0 Å². The molecule has 0 bridgehead atoms. The van der Waals surface area contributed by atoms with Gasteiger partial charge in [0, 0.05) is 37.7 Å². The summed E-state index contributed by atoms with van der Waals surface area (Å²) in [5, 5.41) is 0. The second-order valence-corrected chi connectivity index (χ2v) is 14.6. The molecule has 2 aromatic rings. The first-order chi connectivity index (χ1) is 29.1. The topological polar surface area (TPSA) is 111 Å². The normalized spacial score (nSPS) is 16.9. The van der Waals surface area contributed by atoms with Crippen molar-refractivity contribution >= 4 is 36.1 Å². The molecule has 11 heteroatoms. The smallest absolute Gasteiger partial charge is 0.257 e. The zero-order valence-corrected chi connectivity index (χ0v) is 37.4. The molecule has 0 radical (unpaired) electrons. The molecule has 0 fully saturated rings. The molecule has 11 nitrogen and oxygen atoms in total. The standard InChI is InChI=1S/C43H58N4O7.2C3H4/c1-8-12-32-19-34(46(28-48)26-30(32)10-3)24-44-37-22-41(39(50-6)18-29(37)5)53-16-14-52-15-17-54-42-23-38-36(21-40(42)51-7)43(49)47-27-31(11-4)33(13-9-2)20-35(47)25-45-38;2*1-3-2/h18,21-25,28,34-35H,8-17,19-20,26-27H2,1-7H3;2*1H,2H3. The van der Waals surface area contributed by atoms with Gasteiger partial charge in [-0.1, -0.05) is 62.8 Å². The molecule has 0 N–H and O–H groups in total. The first-order valence-corrected chi connectivity index (χ1v) is 21.1. The van der Waals surface area contributed by atoms with Crippen molar-refractivity contribution in [3.8, 4) is 47.7 Å². The van der Waals surface area contributed by atoms with E-state index in [1.807, 2.05) is 41.3 Å². The van der Waals surface area contributed by atoms with Crippen molar-refractivity contribution in [3.05, 3.63) is 57.7 Å². The molecule has 3 heterocycles. The molecule has 324 valence electrons. The molecule has 5 rings (SSSR count). The van der Waals surface area contributed by atoms with E-state index in [-0.39, 0.29) is 24.6 Å². The highest BCUT2D eigenvalue weighted by atomic mass is 16.6. The van der Waals surface area contributed by atoms with Gasteiger partial charge in [0.15, 0.2) is 23.0 Å². The molecule has 3 aliphatic rings. The minimum atomic E-state index is -0.0883. The third-order valence-electron chi connectivity index (χ3n) is 10.6. The fraction of sp³-hybridized carbons (Fsp3) is 0.510. The van der Waals surface area contributed by atoms with Gasteiger partial charge in [0.2, 0.25) is 6.41 Å². The van der Waals surface area contributed by atoms with Crippen LogP contribution in [-0.2, 0) is 9.53 Å². The van der Waals surface area contributed by atoms with Crippen LogP contribution in [0.25, 0.3) is 0 Å². The van der Waals surface area contributed by atoms with E-state index in [1.54, 1.807) is 40.2 Å². The van der Waals surface area contributed by atoms with E-state index < -0.39 is 0 Å². The van der Waals surface area contributed by atoms with E-state index in [4.69, 9.17) is 33.7 Å². The fourth-order valence-corrected chi connectivity index (χ4v) is 7.57. The van der Waals surface area contributed by atoms with E-state index in [9.17, 15) is 9.59 Å². The number of carbonyl (C=O) groups excluding carboxylic acids is 2. The molecule has 2 atom stereocenters. The maximum absolute atomic E-state index is 13.8. The highest BCUT2D eigenvalue weighted by Gasteiger charge is 2.34. The molecule has 3 aliphatic heterocycles. The molecule has 60 heavy (non-hydrogen) atoms. The Labute approximate surface area is 359 Å². The average Bonchev–Trinajstić information content (AvgIpc) is 3.37. The summed E-state index contributed by atoms with van der Waals surface area (Å²) in [5.41, 5.74) is 8.41. The van der Waals surface area contributed by atoms with Gasteiger partial charge in [0.05, 0.1) is 56.5 Å². The molecule has 0 saturated heterocycles. The van der Waals surface area contributed by atoms with Crippen LogP contribution in [0.15, 0.2) is 56.5 Å². The lowest BCUT2D eigenvalue weighted by Gasteiger charge is -2.35. The monoisotopic (exact) mass is 822 g/mol. The second kappa shape index (κ2) is 25.9. The summed E-state index contributed by atoms with van der Waals surface area (Å²) in [4.78, 5) is 39.0. The Bertz CT molecular complexity index is 1940. The van der Waals surface area contributed by atoms with Crippen LogP contribution in [0.3, 0.4) is 0 Å². The molecule has 0 aliphatic carbocycles. The number of aliphatic imine (C=N–C) groups is 2. The second-order valence-electron chi connectivity index (χ2n) is 14.6. The Kier molecular flexibility index (Phi) is 21.0. The Morgan fingerprint density at radius 1 is 0.800 bits per heavy atom. The first kappa shape index (κ1) is 48.8. The Morgan fingerprint density at radius 2 is 1.37 bits per heavy atom. The zero-order valence-electron chi connectivity index (χ0n) is 37.4. The molecule has 0 saturated carbocycles. The largest absolute Gasteiger partial charge is 0.493 e. The van der Waals surface area contributed by atoms with Crippen LogP contribution in [0.1, 0.15) is 109 Å². The predicted octanol–water partition coefficient (Wildman–Crippen LogP) is 9.64. The summed E-state index contributed by atoms with van der Waals surface area (Å²) in [7, 11) is 3.18. The van der Waals surface area contributed by atoms with Crippen molar-refractivity contribution in [3.63, 3.8) is 0 Å². The number of methoxy groups -OCH3 is 2. The number of fused-ring (bicyclic) bond motifs is 2. The number of nitrogens with zero attached hydrogens (tertiary/aromatic N) is 4. The highest BCUT2D eigenvalue weighted by Crippen LogP contribution is 2.39. The lowest BCUT2D eigenvalue weighted by Crippen LogP contribution is -2.45. The van der Waals surface area contributed by atoms with Crippen LogP contribution in [0, 0.1) is 31.6 Å². The van der Waals surface area contributed by atoms with Gasteiger partial charge in [0.1, 0.15) is 13.2 Å². The third-order valence-corrected chi connectivity index (χ3v) is 10.6. The highest BCUT2D eigenvalue weighted by molar-refractivity contribution is 6.03. The number of hydrogen-bond donors (Lipinski definition) is 0. The minimum Gasteiger partial charge on any atom is -0.493 e. The van der Waals surface area contributed by atoms with Gasteiger partial charge in [0.25, 0.3) is 5.91 Å². The molecule has 2 aromatic carbocycles. The van der Waals surface area contributed by atoms with Gasteiger partial charge in [-0.25, -0.2) is 0 Å². The number of hydrogen-bond acceptors (Lipinski definition) is 9. The summed E-state index contributed by atoms with van der Waals surface area (Å²) in [6.07, 6.45) is 21.7. The SMILES string of the molecule is C#CC.C#CC.CCCC1=C(CC)CN(C=O)C(C=Nc2cc(OCCOCCOc3cc4c(cc3OC)C(=O)N3CC(CC)=C(CCC)CC3C=N4)c(OC)cc2C)C1. The van der Waals surface area contributed by atoms with E-state index in [0.29, 0.717) is 67.2 Å². The van der Waals surface area contributed by atoms with Crippen molar-refractivity contribution < 1.29 is 33.3 Å². The van der Waals surface area contributed by atoms with Crippen molar-refractivity contribution in [2.75, 3.05) is 53.7 Å². The zero-order chi connectivity index (χ0) is 44.0. The summed E-state index contributed by atoms with van der Waals surface area (Å²) >= 11 is 0. The lowest BCUT2D eigenvalue weighted by molar-refractivity contribution is -0.118. The number of amides is 2. The summed E-state index contributed by atoms with van der Waals surface area (Å²) in [6, 6.07) is 7.15. The van der Waals surface area contributed by atoms with Crippen LogP contribution in [0.4, 0.5) is 11.4 Å². The van der Waals surface area contributed by atoms with Crippen LogP contribution in [0.5, 0.6) is 23.0 Å². The van der Waals surface area contributed by atoms with E-state index in [1.165, 1.54) is 22.3 Å². The third kappa shape index (κ3) is 13.2. The maximum Gasteiger partial charge on any atom is 0.257 e.